The van der Waals surface area contributed by atoms with Crippen molar-refractivity contribution in [3.63, 3.8) is 0 Å². The quantitative estimate of drug-likeness (QED) is 0.349. The number of fused-ring (bicyclic) bond motifs is 1. The zero-order chi connectivity index (χ0) is 21.3. The van der Waals surface area contributed by atoms with Gasteiger partial charge in [0.25, 0.3) is 10.0 Å². The fourth-order valence-corrected chi connectivity index (χ4v) is 4.62. The van der Waals surface area contributed by atoms with E-state index in [0.717, 1.165) is 9.54 Å². The van der Waals surface area contributed by atoms with Crippen molar-refractivity contribution >= 4 is 38.3 Å². The first-order valence-corrected chi connectivity index (χ1v) is 10.4. The summed E-state index contributed by atoms with van der Waals surface area (Å²) in [5.74, 6) is -0.691. The standard InChI is InChI=1S/C21H18ClN3O3S/c1-14-4-7-18(8-5-14)29(27,28)25-19-9-6-17(22)10-15(19)11-20(25)21(26)16(12-23)13-24(2)3/h4-11,13H,1-3H3. The summed E-state index contributed by atoms with van der Waals surface area (Å²) in [5, 5.41) is 10.3. The Labute approximate surface area is 174 Å². The molecule has 29 heavy (non-hydrogen) atoms. The summed E-state index contributed by atoms with van der Waals surface area (Å²) in [4.78, 5) is 14.7. The van der Waals surface area contributed by atoms with Crippen molar-refractivity contribution in [1.82, 2.24) is 8.87 Å². The molecule has 2 aromatic carbocycles. The van der Waals surface area contributed by atoms with Gasteiger partial charge in [-0.1, -0.05) is 29.3 Å². The minimum absolute atomic E-state index is 0.0414. The van der Waals surface area contributed by atoms with E-state index < -0.39 is 15.8 Å². The monoisotopic (exact) mass is 427 g/mol. The first-order chi connectivity index (χ1) is 13.6. The van der Waals surface area contributed by atoms with Gasteiger partial charge >= 0.3 is 0 Å². The van der Waals surface area contributed by atoms with E-state index in [4.69, 9.17) is 11.6 Å². The van der Waals surface area contributed by atoms with Crippen LogP contribution in [-0.2, 0) is 10.0 Å². The smallest absolute Gasteiger partial charge is 0.268 e. The number of aromatic nitrogens is 1. The Balaban J connectivity index is 2.33. The van der Waals surface area contributed by atoms with Gasteiger partial charge in [0.15, 0.2) is 0 Å². The molecule has 0 spiro atoms. The maximum Gasteiger partial charge on any atom is 0.268 e. The highest BCUT2D eigenvalue weighted by Crippen LogP contribution is 2.29. The van der Waals surface area contributed by atoms with Crippen molar-refractivity contribution in [1.29, 1.82) is 5.26 Å². The molecule has 6 nitrogen and oxygen atoms in total. The van der Waals surface area contributed by atoms with Crippen LogP contribution in [0.3, 0.4) is 0 Å². The molecule has 1 heterocycles. The first-order valence-electron chi connectivity index (χ1n) is 8.61. The summed E-state index contributed by atoms with van der Waals surface area (Å²) >= 11 is 6.05. The third-order valence-electron chi connectivity index (χ3n) is 4.26. The SMILES string of the molecule is Cc1ccc(S(=O)(=O)n2c(C(=O)C(C#N)=CN(C)C)cc3cc(Cl)ccc32)cc1. The van der Waals surface area contributed by atoms with Crippen molar-refractivity contribution in [3.05, 3.63) is 76.6 Å². The lowest BCUT2D eigenvalue weighted by molar-refractivity contribution is 0.103. The number of benzene rings is 2. The predicted octanol–water partition coefficient (Wildman–Crippen LogP) is 3.99. The molecule has 8 heteroatoms. The van der Waals surface area contributed by atoms with Gasteiger partial charge in [0.1, 0.15) is 17.3 Å². The van der Waals surface area contributed by atoms with Gasteiger partial charge in [-0.25, -0.2) is 12.4 Å². The van der Waals surface area contributed by atoms with E-state index in [-0.39, 0.29) is 16.2 Å². The first kappa shape index (κ1) is 20.6. The van der Waals surface area contributed by atoms with E-state index in [9.17, 15) is 18.5 Å². The molecule has 1 aromatic heterocycles. The number of aryl methyl sites for hydroxylation is 1. The molecule has 0 atom stereocenters. The lowest BCUT2D eigenvalue weighted by Gasteiger charge is -2.12. The van der Waals surface area contributed by atoms with Crippen molar-refractivity contribution < 1.29 is 13.2 Å². The Morgan fingerprint density at radius 3 is 2.38 bits per heavy atom. The van der Waals surface area contributed by atoms with E-state index >= 15 is 0 Å². The third kappa shape index (κ3) is 3.90. The van der Waals surface area contributed by atoms with Crippen LogP contribution in [-0.4, -0.2) is 37.2 Å². The molecule has 0 radical (unpaired) electrons. The Kier molecular flexibility index (Phi) is 5.51. The minimum atomic E-state index is -4.10. The Morgan fingerprint density at radius 2 is 1.79 bits per heavy atom. The summed E-state index contributed by atoms with van der Waals surface area (Å²) in [6, 6.07) is 14.3. The van der Waals surface area contributed by atoms with Crippen molar-refractivity contribution in [2.75, 3.05) is 14.1 Å². The summed E-state index contributed by atoms with van der Waals surface area (Å²) in [7, 11) is -0.756. The van der Waals surface area contributed by atoms with Crippen LogP contribution >= 0.6 is 11.6 Å². The average molecular weight is 428 g/mol. The van der Waals surface area contributed by atoms with E-state index in [1.165, 1.54) is 24.4 Å². The predicted molar refractivity (Wildman–Crippen MR) is 112 cm³/mol. The molecule has 0 aliphatic heterocycles. The zero-order valence-electron chi connectivity index (χ0n) is 16.0. The highest BCUT2D eigenvalue weighted by molar-refractivity contribution is 7.90. The van der Waals surface area contributed by atoms with Crippen LogP contribution in [0, 0.1) is 18.3 Å². The number of ketones is 1. The van der Waals surface area contributed by atoms with E-state index in [2.05, 4.69) is 0 Å². The summed E-state index contributed by atoms with van der Waals surface area (Å²) < 4.78 is 27.8. The molecule has 0 unspecified atom stereocenters. The number of hydrogen-bond acceptors (Lipinski definition) is 5. The molecule has 0 N–H and O–H groups in total. The van der Waals surface area contributed by atoms with Crippen LogP contribution in [0.1, 0.15) is 16.1 Å². The number of allylic oxidation sites excluding steroid dienone is 1. The number of carbonyl (C=O) groups excluding carboxylic acids is 1. The Hall–Kier alpha value is -3.08. The number of nitriles is 1. The summed E-state index contributed by atoms with van der Waals surface area (Å²) in [6.07, 6.45) is 1.36. The average Bonchev–Trinajstić information content (AvgIpc) is 3.05. The van der Waals surface area contributed by atoms with Gasteiger partial charge in [-0.15, -0.1) is 0 Å². The molecule has 0 saturated heterocycles. The van der Waals surface area contributed by atoms with Gasteiger partial charge in [0.05, 0.1) is 10.4 Å². The summed E-state index contributed by atoms with van der Waals surface area (Å²) in [5.41, 5.74) is 0.910. The van der Waals surface area contributed by atoms with Crippen molar-refractivity contribution in [2.24, 2.45) is 0 Å². The number of hydrogen-bond donors (Lipinski definition) is 0. The number of rotatable bonds is 5. The molecule has 0 saturated carbocycles. The molecular weight excluding hydrogens is 410 g/mol. The summed E-state index contributed by atoms with van der Waals surface area (Å²) in [6.45, 7) is 1.85. The molecule has 148 valence electrons. The topological polar surface area (TPSA) is 83.2 Å². The van der Waals surface area contributed by atoms with Gasteiger partial charge in [0, 0.05) is 30.7 Å². The zero-order valence-corrected chi connectivity index (χ0v) is 17.6. The Morgan fingerprint density at radius 1 is 1.14 bits per heavy atom. The van der Waals surface area contributed by atoms with Crippen molar-refractivity contribution in [3.8, 4) is 6.07 Å². The molecule has 0 aliphatic rings. The molecular formula is C21H18ClN3O3S. The molecule has 0 aliphatic carbocycles. The van der Waals surface area contributed by atoms with Crippen LogP contribution in [0.15, 0.2) is 65.2 Å². The lowest BCUT2D eigenvalue weighted by Crippen LogP contribution is -2.20. The van der Waals surface area contributed by atoms with Crippen molar-refractivity contribution in [2.45, 2.75) is 11.8 Å². The maximum absolute atomic E-state index is 13.4. The maximum atomic E-state index is 13.4. The lowest BCUT2D eigenvalue weighted by atomic mass is 10.1. The molecule has 0 bridgehead atoms. The molecule has 3 rings (SSSR count). The van der Waals surface area contributed by atoms with Crippen LogP contribution in [0.25, 0.3) is 10.9 Å². The van der Waals surface area contributed by atoms with Gasteiger partial charge in [-0.05, 0) is 43.3 Å². The number of carbonyl (C=O) groups is 1. The van der Waals surface area contributed by atoms with Crippen LogP contribution in [0.2, 0.25) is 5.02 Å². The third-order valence-corrected chi connectivity index (χ3v) is 6.24. The van der Waals surface area contributed by atoms with Crippen LogP contribution in [0.4, 0.5) is 0 Å². The van der Waals surface area contributed by atoms with E-state index in [0.29, 0.717) is 15.9 Å². The Bertz CT molecular complexity index is 1280. The van der Waals surface area contributed by atoms with Gasteiger partial charge in [0.2, 0.25) is 5.78 Å². The fourth-order valence-electron chi connectivity index (χ4n) is 2.93. The largest absolute Gasteiger partial charge is 0.382 e. The van der Waals surface area contributed by atoms with Gasteiger partial charge in [-0.2, -0.15) is 5.26 Å². The van der Waals surface area contributed by atoms with Gasteiger partial charge < -0.3 is 4.90 Å². The molecule has 0 amide bonds. The highest BCUT2D eigenvalue weighted by Gasteiger charge is 2.28. The fraction of sp³-hybridized carbons (Fsp3) is 0.143. The van der Waals surface area contributed by atoms with E-state index in [1.807, 2.05) is 13.0 Å². The second-order valence-corrected chi connectivity index (χ2v) is 8.99. The molecule has 3 aromatic rings. The van der Waals surface area contributed by atoms with E-state index in [1.54, 1.807) is 49.3 Å². The van der Waals surface area contributed by atoms with Gasteiger partial charge in [-0.3, -0.25) is 4.79 Å². The van der Waals surface area contributed by atoms with Crippen LogP contribution in [0.5, 0.6) is 0 Å². The number of halogens is 1. The number of Topliss-reactive ketones (excluding diaryl/α,β-unsaturated/α-hetero) is 1. The highest BCUT2D eigenvalue weighted by atomic mass is 35.5. The second kappa shape index (κ2) is 7.74. The minimum Gasteiger partial charge on any atom is -0.382 e. The van der Waals surface area contributed by atoms with Crippen LogP contribution < -0.4 is 0 Å². The molecule has 0 fully saturated rings. The normalized spacial score (nSPS) is 12.0. The number of nitrogens with zero attached hydrogens (tertiary/aromatic N) is 3. The second-order valence-electron chi connectivity index (χ2n) is 6.76.